The van der Waals surface area contributed by atoms with Crippen molar-refractivity contribution in [2.45, 2.75) is 18.0 Å². The van der Waals surface area contributed by atoms with E-state index in [-0.39, 0.29) is 23.4 Å². The maximum Gasteiger partial charge on any atom is 0.257 e. The monoisotopic (exact) mass is 361 g/mol. The normalized spacial score (nSPS) is 17.4. The number of carbonyl (C=O) groups excluding carboxylic acids is 1. The minimum atomic E-state index is -0.364. The van der Waals surface area contributed by atoms with Crippen LogP contribution in [0.3, 0.4) is 0 Å². The zero-order valence-electron chi connectivity index (χ0n) is 14.0. The van der Waals surface area contributed by atoms with Gasteiger partial charge in [-0.2, -0.15) is 0 Å². The van der Waals surface area contributed by atoms with Gasteiger partial charge in [0.25, 0.3) is 5.91 Å². The van der Waals surface area contributed by atoms with E-state index in [1.807, 2.05) is 6.26 Å². The van der Waals surface area contributed by atoms with Crippen molar-refractivity contribution in [2.75, 3.05) is 26.0 Å². The summed E-state index contributed by atoms with van der Waals surface area (Å²) in [5.41, 5.74) is 0.494. The number of amides is 1. The minimum absolute atomic E-state index is 0.0664. The molecule has 2 heterocycles. The topological polar surface area (TPSA) is 55.3 Å². The number of ether oxygens (including phenoxy) is 1. The van der Waals surface area contributed by atoms with Crippen LogP contribution < -0.4 is 4.74 Å². The van der Waals surface area contributed by atoms with Gasteiger partial charge >= 0.3 is 0 Å². The highest BCUT2D eigenvalue weighted by atomic mass is 32.2. The number of para-hydroxylation sites is 1. The Bertz CT molecular complexity index is 727. The van der Waals surface area contributed by atoms with Gasteiger partial charge in [-0.05, 0) is 31.2 Å². The van der Waals surface area contributed by atoms with Crippen LogP contribution in [0.15, 0.2) is 41.8 Å². The molecule has 1 unspecified atom stereocenters. The van der Waals surface area contributed by atoms with E-state index in [1.165, 1.54) is 17.8 Å². The molecule has 132 valence electrons. The van der Waals surface area contributed by atoms with E-state index < -0.39 is 0 Å². The highest BCUT2D eigenvalue weighted by Crippen LogP contribution is 2.22. The Morgan fingerprint density at radius 3 is 2.84 bits per heavy atom. The molecule has 25 heavy (non-hydrogen) atoms. The molecule has 1 aromatic carbocycles. The van der Waals surface area contributed by atoms with Gasteiger partial charge in [0.2, 0.25) is 0 Å². The molecule has 2 aromatic rings. The Hall–Kier alpha value is -2.15. The second kappa shape index (κ2) is 8.29. The van der Waals surface area contributed by atoms with Crippen LogP contribution in [0, 0.1) is 11.7 Å². The predicted octanol–water partition coefficient (Wildman–Crippen LogP) is 3.27. The maximum atomic E-state index is 13.6. The molecule has 1 aliphatic heterocycles. The van der Waals surface area contributed by atoms with Crippen LogP contribution in [-0.2, 0) is 0 Å². The lowest BCUT2D eigenvalue weighted by molar-refractivity contribution is 0.0630. The van der Waals surface area contributed by atoms with E-state index >= 15 is 0 Å². The first-order valence-corrected chi connectivity index (χ1v) is 9.42. The van der Waals surface area contributed by atoms with E-state index in [0.717, 1.165) is 12.8 Å². The van der Waals surface area contributed by atoms with E-state index in [1.54, 1.807) is 35.5 Å². The number of benzene rings is 1. The fourth-order valence-corrected chi connectivity index (χ4v) is 3.19. The molecule has 0 saturated carbocycles. The van der Waals surface area contributed by atoms with Crippen molar-refractivity contribution in [3.8, 4) is 5.75 Å². The van der Waals surface area contributed by atoms with E-state index in [9.17, 15) is 9.18 Å². The fourth-order valence-electron chi connectivity index (χ4n) is 2.87. The number of halogens is 1. The second-order valence-corrected chi connectivity index (χ2v) is 6.73. The molecule has 0 N–H and O–H groups in total. The van der Waals surface area contributed by atoms with E-state index in [0.29, 0.717) is 30.4 Å². The van der Waals surface area contributed by atoms with Gasteiger partial charge in [-0.3, -0.25) is 4.79 Å². The zero-order valence-corrected chi connectivity index (χ0v) is 14.8. The summed E-state index contributed by atoms with van der Waals surface area (Å²) in [4.78, 5) is 22.7. The molecule has 1 aromatic heterocycles. The van der Waals surface area contributed by atoms with Crippen LogP contribution >= 0.6 is 11.8 Å². The Kier molecular flexibility index (Phi) is 5.86. The SMILES string of the molecule is CSc1ncc(C(=O)N2CCCC(COc3ccccc3F)C2)cn1. The number of hydrogen-bond acceptors (Lipinski definition) is 5. The Morgan fingerprint density at radius 2 is 2.12 bits per heavy atom. The summed E-state index contributed by atoms with van der Waals surface area (Å²) >= 11 is 1.44. The molecule has 1 saturated heterocycles. The summed E-state index contributed by atoms with van der Waals surface area (Å²) in [6.45, 7) is 1.70. The Labute approximate surface area is 150 Å². The molecule has 1 amide bonds. The van der Waals surface area contributed by atoms with Crippen molar-refractivity contribution in [2.24, 2.45) is 5.92 Å². The summed E-state index contributed by atoms with van der Waals surface area (Å²) in [5.74, 6) is 0.0104. The Balaban J connectivity index is 1.58. The number of aromatic nitrogens is 2. The smallest absolute Gasteiger partial charge is 0.257 e. The van der Waals surface area contributed by atoms with Crippen molar-refractivity contribution in [1.29, 1.82) is 0 Å². The molecule has 3 rings (SSSR count). The third-order valence-electron chi connectivity index (χ3n) is 4.18. The van der Waals surface area contributed by atoms with Gasteiger partial charge in [0.05, 0.1) is 12.2 Å². The van der Waals surface area contributed by atoms with Crippen LogP contribution in [0.4, 0.5) is 4.39 Å². The van der Waals surface area contributed by atoms with Crippen LogP contribution in [0.25, 0.3) is 0 Å². The Morgan fingerprint density at radius 1 is 1.36 bits per heavy atom. The van der Waals surface area contributed by atoms with Gasteiger partial charge in [0, 0.05) is 31.4 Å². The van der Waals surface area contributed by atoms with Crippen molar-refractivity contribution < 1.29 is 13.9 Å². The molecule has 0 radical (unpaired) electrons. The minimum Gasteiger partial charge on any atom is -0.490 e. The molecule has 1 atom stereocenters. The van der Waals surface area contributed by atoms with Gasteiger partial charge in [-0.25, -0.2) is 14.4 Å². The maximum absolute atomic E-state index is 13.6. The third kappa shape index (κ3) is 4.48. The molecule has 5 nitrogen and oxygen atoms in total. The lowest BCUT2D eigenvalue weighted by atomic mass is 9.98. The molecular weight excluding hydrogens is 341 g/mol. The van der Waals surface area contributed by atoms with Crippen molar-refractivity contribution in [1.82, 2.24) is 14.9 Å². The number of nitrogens with zero attached hydrogens (tertiary/aromatic N) is 3. The number of thioether (sulfide) groups is 1. The van der Waals surface area contributed by atoms with Crippen molar-refractivity contribution in [3.63, 3.8) is 0 Å². The van der Waals surface area contributed by atoms with E-state index in [2.05, 4.69) is 9.97 Å². The number of rotatable bonds is 5. The van der Waals surface area contributed by atoms with Gasteiger partial charge in [0.15, 0.2) is 16.7 Å². The fraction of sp³-hybridized carbons (Fsp3) is 0.389. The van der Waals surface area contributed by atoms with Crippen LogP contribution in [0.2, 0.25) is 0 Å². The number of hydrogen-bond donors (Lipinski definition) is 0. The largest absolute Gasteiger partial charge is 0.490 e. The highest BCUT2D eigenvalue weighted by Gasteiger charge is 2.25. The predicted molar refractivity (Wildman–Crippen MR) is 94.3 cm³/mol. The number of carbonyl (C=O) groups is 1. The number of likely N-dealkylation sites (tertiary alicyclic amines) is 1. The third-order valence-corrected chi connectivity index (χ3v) is 4.75. The molecule has 0 aliphatic carbocycles. The molecule has 1 fully saturated rings. The van der Waals surface area contributed by atoms with E-state index in [4.69, 9.17) is 4.74 Å². The highest BCUT2D eigenvalue weighted by molar-refractivity contribution is 7.98. The average Bonchev–Trinajstić information content (AvgIpc) is 2.67. The van der Waals surface area contributed by atoms with Crippen LogP contribution in [-0.4, -0.2) is 46.7 Å². The van der Waals surface area contributed by atoms with Gasteiger partial charge in [-0.15, -0.1) is 0 Å². The average molecular weight is 361 g/mol. The number of piperidine rings is 1. The molecular formula is C18H20FN3O2S. The second-order valence-electron chi connectivity index (χ2n) is 5.96. The summed E-state index contributed by atoms with van der Waals surface area (Å²) in [6, 6.07) is 6.37. The van der Waals surface area contributed by atoms with Gasteiger partial charge in [-0.1, -0.05) is 23.9 Å². The first-order chi connectivity index (χ1) is 12.2. The summed E-state index contributed by atoms with van der Waals surface area (Å²) < 4.78 is 19.2. The van der Waals surface area contributed by atoms with Crippen molar-refractivity contribution >= 4 is 17.7 Å². The standard InChI is InChI=1S/C18H20FN3O2S/c1-25-18-20-9-14(10-21-18)17(23)22-8-4-5-13(11-22)12-24-16-7-3-2-6-15(16)19/h2-3,6-7,9-10,13H,4-5,8,11-12H2,1H3. The first kappa shape index (κ1) is 17.7. The molecule has 0 spiro atoms. The quantitative estimate of drug-likeness (QED) is 0.604. The zero-order chi connectivity index (χ0) is 17.6. The lowest BCUT2D eigenvalue weighted by Crippen LogP contribution is -2.41. The molecule has 1 aliphatic rings. The summed E-state index contributed by atoms with van der Waals surface area (Å²) in [7, 11) is 0. The van der Waals surface area contributed by atoms with Gasteiger partial charge in [0.1, 0.15) is 0 Å². The summed E-state index contributed by atoms with van der Waals surface area (Å²) in [5, 5.41) is 0.645. The van der Waals surface area contributed by atoms with Crippen LogP contribution in [0.1, 0.15) is 23.2 Å². The molecule has 7 heteroatoms. The lowest BCUT2D eigenvalue weighted by Gasteiger charge is -2.32. The van der Waals surface area contributed by atoms with Gasteiger partial charge < -0.3 is 9.64 Å². The van der Waals surface area contributed by atoms with Crippen LogP contribution in [0.5, 0.6) is 5.75 Å². The summed E-state index contributed by atoms with van der Waals surface area (Å²) in [6.07, 6.45) is 6.89. The van der Waals surface area contributed by atoms with Crippen molar-refractivity contribution in [3.05, 3.63) is 48.0 Å². The molecule has 0 bridgehead atoms. The first-order valence-electron chi connectivity index (χ1n) is 8.20.